The minimum Gasteiger partial charge on any atom is -0.508 e. The van der Waals surface area contributed by atoms with E-state index in [0.29, 0.717) is 5.69 Å². The zero-order valence-electron chi connectivity index (χ0n) is 57.6. The van der Waals surface area contributed by atoms with E-state index in [2.05, 4.69) is 52.5 Å². The van der Waals surface area contributed by atoms with E-state index in [1.807, 2.05) is 13.8 Å². The largest absolute Gasteiger partial charge is 0.508 e. The highest BCUT2D eigenvalue weighted by Gasteiger charge is 2.50. The number of aliphatic carboxylic acids is 1. The third-order valence-corrected chi connectivity index (χ3v) is 19.5. The van der Waals surface area contributed by atoms with Crippen LogP contribution in [0.15, 0.2) is 91.4 Å². The van der Waals surface area contributed by atoms with Crippen molar-refractivity contribution in [3.8, 4) is 57.1 Å². The van der Waals surface area contributed by atoms with Gasteiger partial charge < -0.3 is 133 Å². The summed E-state index contributed by atoms with van der Waals surface area (Å²) in [5.74, 6) is -16.0. The third-order valence-electron chi connectivity index (χ3n) is 18.9. The number of H-pyrrole nitrogens is 1. The average Bonchev–Trinajstić information content (AvgIpc) is 1.09. The zero-order chi connectivity index (χ0) is 77.4. The number of imidazole rings is 1. The molecular weight excluding hydrogens is 1450 g/mol. The Labute approximate surface area is 618 Å². The van der Waals surface area contributed by atoms with Gasteiger partial charge in [-0.05, 0) is 110 Å². The Morgan fingerprint density at radius 1 is 0.738 bits per heavy atom. The minimum absolute atomic E-state index is 0.0812. The lowest BCUT2D eigenvalue weighted by molar-refractivity contribution is -0.277. The molecule has 35 nitrogen and oxygen atoms in total. The number of carboxylic acids is 1. The van der Waals surface area contributed by atoms with Gasteiger partial charge in [-0.15, -0.1) is 0 Å². The van der Waals surface area contributed by atoms with E-state index >= 15 is 19.2 Å². The number of aromatic hydroxyl groups is 3. The molecule has 2 saturated heterocycles. The number of primary amides is 1. The van der Waals surface area contributed by atoms with Crippen LogP contribution < -0.4 is 62.5 Å². The van der Waals surface area contributed by atoms with Gasteiger partial charge in [0.05, 0.1) is 53.3 Å². The van der Waals surface area contributed by atoms with Gasteiger partial charge in [-0.2, -0.15) is 0 Å². The highest BCUT2D eigenvalue weighted by atomic mass is 35.5. The van der Waals surface area contributed by atoms with Gasteiger partial charge in [-0.1, -0.05) is 55.2 Å². The Kier molecular flexibility index (Phi) is 23.5. The van der Waals surface area contributed by atoms with Crippen molar-refractivity contribution in [1.82, 2.24) is 52.5 Å². The number of hydrogen-bond donors (Lipinski definition) is 20. The summed E-state index contributed by atoms with van der Waals surface area (Å²) >= 11 is 14.3. The van der Waals surface area contributed by atoms with Gasteiger partial charge in [0.15, 0.2) is 23.8 Å². The average molecular weight is 1530 g/mol. The molecule has 572 valence electrons. The number of nitrogens with zero attached hydrogens (tertiary/aromatic N) is 1. The molecular formula is C70H79Cl2N11O24. The number of hydrogen-bond acceptors (Lipinski definition) is 26. The molecule has 8 unspecified atom stereocenters. The number of fused-ring (bicyclic) bond motifs is 15. The number of phenolic OH excluding ortho intramolecular Hbond substituents is 3. The summed E-state index contributed by atoms with van der Waals surface area (Å²) in [7, 11) is 1.47. The molecule has 11 bridgehead atoms. The molecule has 21 N–H and O–H groups in total. The summed E-state index contributed by atoms with van der Waals surface area (Å²) in [5.41, 5.74) is 2.27. The van der Waals surface area contributed by atoms with Gasteiger partial charge >= 0.3 is 5.97 Å². The highest BCUT2D eigenvalue weighted by Crippen LogP contribution is 2.50. The number of aliphatic hydroxyl groups is 6. The predicted molar refractivity (Wildman–Crippen MR) is 371 cm³/mol. The number of nitrogens with one attached hydrogen (secondary N) is 9. The molecule has 18 atom stereocenters. The zero-order valence-corrected chi connectivity index (χ0v) is 59.1. The van der Waals surface area contributed by atoms with E-state index in [9.17, 15) is 70.2 Å². The molecule has 7 amide bonds. The minimum atomic E-state index is -2.35. The lowest BCUT2D eigenvalue weighted by Crippen LogP contribution is -2.63. The molecule has 0 aliphatic carbocycles. The van der Waals surface area contributed by atoms with Crippen molar-refractivity contribution < 1.29 is 118 Å². The van der Waals surface area contributed by atoms with Crippen molar-refractivity contribution in [2.75, 3.05) is 13.7 Å². The van der Waals surface area contributed by atoms with E-state index in [1.54, 1.807) is 13.1 Å². The topological polar surface area (TPSA) is 545 Å². The lowest BCUT2D eigenvalue weighted by atomic mass is 9.85. The van der Waals surface area contributed by atoms with Crippen LogP contribution >= 0.6 is 23.2 Å². The molecule has 2 fully saturated rings. The van der Waals surface area contributed by atoms with Gasteiger partial charge in [0.1, 0.15) is 95.6 Å². The van der Waals surface area contributed by atoms with E-state index in [0.717, 1.165) is 48.5 Å². The summed E-state index contributed by atoms with van der Waals surface area (Å²) in [6, 6.07) is -0.328. The van der Waals surface area contributed by atoms with Crippen LogP contribution in [0.5, 0.6) is 46.0 Å². The number of carbonyl (C=O) groups is 8. The number of rotatable bonds is 16. The predicted octanol–water partition coefficient (Wildman–Crippen LogP) is 0.660. The van der Waals surface area contributed by atoms with Crippen LogP contribution in [0.25, 0.3) is 11.1 Å². The van der Waals surface area contributed by atoms with Gasteiger partial charge in [0.2, 0.25) is 53.4 Å². The number of ether oxygens (including phenoxy) is 6. The van der Waals surface area contributed by atoms with Crippen LogP contribution in [-0.2, 0) is 59.1 Å². The maximum atomic E-state index is 16.2. The summed E-state index contributed by atoms with van der Waals surface area (Å²) in [6.07, 6.45) is -15.9. The normalized spacial score (nSPS) is 28.4. The number of amides is 7. The fourth-order valence-corrected chi connectivity index (χ4v) is 13.8. The van der Waals surface area contributed by atoms with Crippen molar-refractivity contribution in [2.45, 2.75) is 163 Å². The number of halogens is 2. The molecule has 7 aliphatic heterocycles. The van der Waals surface area contributed by atoms with E-state index < -0.39 is 231 Å². The molecule has 107 heavy (non-hydrogen) atoms. The van der Waals surface area contributed by atoms with Crippen LogP contribution in [0.2, 0.25) is 10.0 Å². The fourth-order valence-electron chi connectivity index (χ4n) is 13.3. The summed E-state index contributed by atoms with van der Waals surface area (Å²) in [4.78, 5) is 126. The molecule has 0 saturated carbocycles. The fraction of sp³-hybridized carbons (Fsp3) is 0.414. The standard InChI is InChI=1S/C70H79Cl2N11O24/c1-26(2)12-38(74-5)62(94)82-53-55(89)29-7-10-42(36(71)14-29)103-44-16-31-17-45(60(44)107-69-58(92)57(91)56(90)46(24-84)105-69)104-43-11-8-30(15-37(43)72)59(106-48-21-70(4,61(93)27(3)102-48)77-23-32-22-75-25-76-32)54-67(99)81-52(68(100)101)35-18-33(85)19-41(87)49(35)34-13-28(6-9-40(34)86)50(64(96)83-54)80-65(97)51(31)79-63(95)39(20-47(73)88)78-66(53)98/h6-11,13-19,22,25-27,38-39,46,48,50-59,61,69,74,77,84-87,89-93H,12,20-21,23-24H2,1-5H3,(H2,73,88)(H,75,76)(H,78,98)(H,79,95)(H,80,97)(H,81,99)(H,82,94)(H,83,96)(H,100,101)/t27?,38-,39?,46-,48+,50-,51?,52?,53?,54+,55?,56?,57+,58?,59-,61+,69+,70+/m1/s1. The van der Waals surface area contributed by atoms with Gasteiger partial charge in [-0.3, -0.25) is 33.6 Å². The number of aromatic nitrogens is 2. The number of phenols is 3. The third kappa shape index (κ3) is 16.8. The Morgan fingerprint density at radius 2 is 1.38 bits per heavy atom. The van der Waals surface area contributed by atoms with Gasteiger partial charge in [0.25, 0.3) is 0 Å². The number of aromatic amines is 1. The first kappa shape index (κ1) is 78.1. The van der Waals surface area contributed by atoms with Crippen molar-refractivity contribution in [3.63, 3.8) is 0 Å². The van der Waals surface area contributed by atoms with Crippen LogP contribution in [0.3, 0.4) is 0 Å². The molecule has 5 aromatic carbocycles. The second-order valence-electron chi connectivity index (χ2n) is 27.0. The van der Waals surface area contributed by atoms with Crippen molar-refractivity contribution in [1.29, 1.82) is 0 Å². The molecule has 13 rings (SSSR count). The monoisotopic (exact) mass is 1530 g/mol. The second kappa shape index (κ2) is 32.2. The van der Waals surface area contributed by atoms with Crippen molar-refractivity contribution in [2.24, 2.45) is 11.7 Å². The van der Waals surface area contributed by atoms with E-state index in [4.69, 9.17) is 57.4 Å². The Morgan fingerprint density at radius 3 is 2.01 bits per heavy atom. The first-order valence-electron chi connectivity index (χ1n) is 33.6. The Hall–Kier alpha value is -9.99. The molecule has 37 heteroatoms. The van der Waals surface area contributed by atoms with E-state index in [-0.39, 0.29) is 58.5 Å². The van der Waals surface area contributed by atoms with Gasteiger partial charge in [0, 0.05) is 47.5 Å². The van der Waals surface area contributed by atoms with Crippen molar-refractivity contribution >= 4 is 70.5 Å². The second-order valence-corrected chi connectivity index (χ2v) is 27.9. The molecule has 0 spiro atoms. The first-order chi connectivity index (χ1) is 50.7. The highest BCUT2D eigenvalue weighted by molar-refractivity contribution is 6.32. The number of aliphatic hydroxyl groups excluding tert-OH is 6. The lowest BCUT2D eigenvalue weighted by Gasteiger charge is -2.46. The number of carboxylic acid groups (broad SMARTS) is 1. The summed E-state index contributed by atoms with van der Waals surface area (Å²) in [6.45, 7) is 5.92. The molecule has 7 aliphatic rings. The van der Waals surface area contributed by atoms with E-state index in [1.165, 1.54) is 50.6 Å². The molecule has 6 aromatic rings. The smallest absolute Gasteiger partial charge is 0.330 e. The summed E-state index contributed by atoms with van der Waals surface area (Å²) < 4.78 is 38.6. The van der Waals surface area contributed by atoms with Gasteiger partial charge in [-0.25, -0.2) is 9.78 Å². The first-order valence-corrected chi connectivity index (χ1v) is 34.4. The Bertz CT molecular complexity index is 4400. The van der Waals surface area contributed by atoms with Crippen LogP contribution in [0, 0.1) is 5.92 Å². The maximum absolute atomic E-state index is 16.2. The molecule has 1 aromatic heterocycles. The van der Waals surface area contributed by atoms with Crippen LogP contribution in [0.4, 0.5) is 0 Å². The van der Waals surface area contributed by atoms with Crippen molar-refractivity contribution in [3.05, 3.63) is 135 Å². The number of carbonyl (C=O) groups excluding carboxylic acids is 7. The Balaban J connectivity index is 1.17. The maximum Gasteiger partial charge on any atom is 0.330 e. The molecule has 8 heterocycles. The number of nitrogens with two attached hydrogens (primary N) is 1. The van der Waals surface area contributed by atoms with Crippen LogP contribution in [-0.4, -0.2) is 201 Å². The van der Waals surface area contributed by atoms with Crippen LogP contribution in [0.1, 0.15) is 111 Å². The number of likely N-dealkylation sites (N-methyl/N-ethyl adjacent to an activating group) is 1. The number of benzene rings is 5. The summed E-state index contributed by atoms with van der Waals surface area (Å²) in [5, 5.41) is 134. The quantitative estimate of drug-likeness (QED) is 0.0633. The SMILES string of the molecule is CN[C@H](CC(C)C)C(=O)NC1C(=O)NC(CC(N)=O)C(=O)NC2C(=O)N[C@H]3C(=O)N[C@H](C(=O)NC(C(=O)O)c4cc(O)cc(O)c4-c4cc3ccc4O)[C@H](O[C@H]3C[C@](C)(NCc4c[nH]cn4)[C@@H](O)C(C)O3)c3ccc(c(Cl)c3)Oc3cc2cc(c3O[C@@H]2O[C@H](CO)C(O)[C@H](O)C2O)Oc2ccc(cc2Cl)C1O. The molecule has 0 radical (unpaired) electrons.